The summed E-state index contributed by atoms with van der Waals surface area (Å²) >= 11 is 0. The van der Waals surface area contributed by atoms with Crippen molar-refractivity contribution in [2.45, 2.75) is 25.8 Å². The molecule has 1 fully saturated rings. The molecular weight excluding hydrogens is 226 g/mol. The van der Waals surface area contributed by atoms with E-state index < -0.39 is 18.0 Å². The van der Waals surface area contributed by atoms with Crippen molar-refractivity contribution in [3.05, 3.63) is 0 Å². The molecule has 0 unspecified atom stereocenters. The van der Waals surface area contributed by atoms with Crippen molar-refractivity contribution in [3.8, 4) is 0 Å². The van der Waals surface area contributed by atoms with Crippen LogP contribution in [0.5, 0.6) is 0 Å². The van der Waals surface area contributed by atoms with E-state index >= 15 is 0 Å². The van der Waals surface area contributed by atoms with E-state index in [9.17, 15) is 14.4 Å². The number of hydrogen-bond acceptors (Lipinski definition) is 3. The van der Waals surface area contributed by atoms with E-state index in [1.165, 1.54) is 4.90 Å². The second kappa shape index (κ2) is 6.07. The molecule has 1 aliphatic heterocycles. The Balaban J connectivity index is 2.51. The SMILES string of the molecule is CCC[C@@H](NC(=O)N1CCNC(=O)C1)C(=O)O. The summed E-state index contributed by atoms with van der Waals surface area (Å²) in [5.41, 5.74) is 0. The molecule has 0 aromatic heterocycles. The Labute approximate surface area is 99.2 Å². The van der Waals surface area contributed by atoms with Crippen LogP contribution in [0.3, 0.4) is 0 Å². The van der Waals surface area contributed by atoms with Gasteiger partial charge in [0.25, 0.3) is 0 Å². The second-order valence-electron chi connectivity index (χ2n) is 3.90. The van der Waals surface area contributed by atoms with Gasteiger partial charge in [-0.05, 0) is 6.42 Å². The van der Waals surface area contributed by atoms with Crippen molar-refractivity contribution in [3.63, 3.8) is 0 Å². The standard InChI is InChI=1S/C10H17N3O4/c1-2-3-7(9(15)16)12-10(17)13-5-4-11-8(14)6-13/h7H,2-6H2,1H3,(H,11,14)(H,12,17)(H,15,16)/t7-/m1/s1. The number of carboxylic acid groups (broad SMARTS) is 1. The zero-order valence-electron chi connectivity index (χ0n) is 9.73. The van der Waals surface area contributed by atoms with Gasteiger partial charge >= 0.3 is 12.0 Å². The Bertz CT molecular complexity index is 319. The Hall–Kier alpha value is -1.79. The minimum Gasteiger partial charge on any atom is -0.480 e. The van der Waals surface area contributed by atoms with Crippen LogP contribution >= 0.6 is 0 Å². The van der Waals surface area contributed by atoms with E-state index in [1.54, 1.807) is 0 Å². The number of carbonyl (C=O) groups is 3. The Morgan fingerprint density at radius 3 is 2.82 bits per heavy atom. The summed E-state index contributed by atoms with van der Waals surface area (Å²) in [5, 5.41) is 13.9. The van der Waals surface area contributed by atoms with E-state index in [0.29, 0.717) is 25.9 Å². The molecule has 7 heteroatoms. The molecule has 3 N–H and O–H groups in total. The first-order valence-electron chi connectivity index (χ1n) is 5.59. The third-order valence-corrected chi connectivity index (χ3v) is 2.50. The molecule has 0 spiro atoms. The third-order valence-electron chi connectivity index (χ3n) is 2.50. The van der Waals surface area contributed by atoms with Crippen LogP contribution in [0.1, 0.15) is 19.8 Å². The highest BCUT2D eigenvalue weighted by Crippen LogP contribution is 2.00. The number of urea groups is 1. The van der Waals surface area contributed by atoms with Crippen molar-refractivity contribution in [2.24, 2.45) is 0 Å². The molecule has 1 atom stereocenters. The van der Waals surface area contributed by atoms with Crippen molar-refractivity contribution in [1.82, 2.24) is 15.5 Å². The van der Waals surface area contributed by atoms with E-state index in [1.807, 2.05) is 6.92 Å². The zero-order valence-corrected chi connectivity index (χ0v) is 9.73. The molecule has 0 bridgehead atoms. The molecule has 7 nitrogen and oxygen atoms in total. The van der Waals surface area contributed by atoms with E-state index in [4.69, 9.17) is 5.11 Å². The highest BCUT2D eigenvalue weighted by molar-refractivity contribution is 5.87. The molecule has 0 radical (unpaired) electrons. The first kappa shape index (κ1) is 13.3. The topological polar surface area (TPSA) is 98.7 Å². The predicted molar refractivity (Wildman–Crippen MR) is 59.4 cm³/mol. The van der Waals surface area contributed by atoms with Crippen LogP contribution in [0.4, 0.5) is 4.79 Å². The van der Waals surface area contributed by atoms with E-state index in [-0.39, 0.29) is 12.5 Å². The molecule has 0 aromatic carbocycles. The van der Waals surface area contributed by atoms with Crippen LogP contribution in [-0.4, -0.2) is 53.6 Å². The highest BCUT2D eigenvalue weighted by atomic mass is 16.4. The number of hydrogen-bond donors (Lipinski definition) is 3. The number of nitrogens with one attached hydrogen (secondary N) is 2. The quantitative estimate of drug-likeness (QED) is 0.613. The van der Waals surface area contributed by atoms with Crippen LogP contribution in [0.15, 0.2) is 0 Å². The molecule has 1 aliphatic rings. The first-order chi connectivity index (χ1) is 8.04. The van der Waals surface area contributed by atoms with Gasteiger partial charge in [-0.1, -0.05) is 13.3 Å². The lowest BCUT2D eigenvalue weighted by Gasteiger charge is -2.28. The van der Waals surface area contributed by atoms with Gasteiger partial charge in [0.05, 0.1) is 0 Å². The normalized spacial score (nSPS) is 17.2. The van der Waals surface area contributed by atoms with Crippen molar-refractivity contribution in [2.75, 3.05) is 19.6 Å². The largest absolute Gasteiger partial charge is 0.480 e. The summed E-state index contributed by atoms with van der Waals surface area (Å²) in [5.74, 6) is -1.28. The number of carboxylic acids is 1. The molecule has 0 aromatic rings. The monoisotopic (exact) mass is 243 g/mol. The summed E-state index contributed by atoms with van der Waals surface area (Å²) in [6.45, 7) is 2.62. The summed E-state index contributed by atoms with van der Waals surface area (Å²) < 4.78 is 0. The fraction of sp³-hybridized carbons (Fsp3) is 0.700. The maximum absolute atomic E-state index is 11.7. The molecule has 3 amide bonds. The summed E-state index contributed by atoms with van der Waals surface area (Å²) in [6.07, 6.45) is 1.04. The fourth-order valence-electron chi connectivity index (χ4n) is 1.60. The molecule has 17 heavy (non-hydrogen) atoms. The zero-order chi connectivity index (χ0) is 12.8. The highest BCUT2D eigenvalue weighted by Gasteiger charge is 2.25. The summed E-state index contributed by atoms with van der Waals surface area (Å²) in [7, 11) is 0. The smallest absolute Gasteiger partial charge is 0.326 e. The van der Waals surface area contributed by atoms with Crippen LogP contribution < -0.4 is 10.6 Å². The molecule has 1 rings (SSSR count). The molecule has 0 aliphatic carbocycles. The van der Waals surface area contributed by atoms with E-state index in [0.717, 1.165) is 0 Å². The minimum absolute atomic E-state index is 0.0235. The molecule has 96 valence electrons. The summed E-state index contributed by atoms with van der Waals surface area (Å²) in [4.78, 5) is 34.9. The van der Waals surface area contributed by atoms with Crippen LogP contribution in [0.2, 0.25) is 0 Å². The van der Waals surface area contributed by atoms with Gasteiger partial charge in [0.1, 0.15) is 12.6 Å². The molecule has 1 saturated heterocycles. The first-order valence-corrected chi connectivity index (χ1v) is 5.59. The summed E-state index contributed by atoms with van der Waals surface area (Å²) in [6, 6.07) is -1.39. The Morgan fingerprint density at radius 1 is 1.59 bits per heavy atom. The van der Waals surface area contributed by atoms with Gasteiger partial charge in [0.2, 0.25) is 5.91 Å². The van der Waals surface area contributed by atoms with E-state index in [2.05, 4.69) is 10.6 Å². The number of aliphatic carboxylic acids is 1. The van der Waals surface area contributed by atoms with Crippen LogP contribution in [0.25, 0.3) is 0 Å². The average molecular weight is 243 g/mol. The van der Waals surface area contributed by atoms with Gasteiger partial charge in [-0.2, -0.15) is 0 Å². The molecule has 0 saturated carbocycles. The van der Waals surface area contributed by atoms with Crippen LogP contribution in [-0.2, 0) is 9.59 Å². The van der Waals surface area contributed by atoms with Gasteiger partial charge in [-0.3, -0.25) is 4.79 Å². The lowest BCUT2D eigenvalue weighted by Crippen LogP contribution is -2.55. The Morgan fingerprint density at radius 2 is 2.29 bits per heavy atom. The van der Waals surface area contributed by atoms with Crippen molar-refractivity contribution in [1.29, 1.82) is 0 Å². The second-order valence-corrected chi connectivity index (χ2v) is 3.90. The van der Waals surface area contributed by atoms with Crippen LogP contribution in [0, 0.1) is 0 Å². The van der Waals surface area contributed by atoms with Gasteiger partial charge in [0.15, 0.2) is 0 Å². The number of rotatable bonds is 4. The minimum atomic E-state index is -1.05. The number of piperazine rings is 1. The van der Waals surface area contributed by atoms with Gasteiger partial charge in [0, 0.05) is 13.1 Å². The van der Waals surface area contributed by atoms with Gasteiger partial charge < -0.3 is 20.6 Å². The number of amides is 3. The number of carbonyl (C=O) groups excluding carboxylic acids is 2. The maximum Gasteiger partial charge on any atom is 0.326 e. The molecular formula is C10H17N3O4. The lowest BCUT2D eigenvalue weighted by molar-refractivity contribution is -0.139. The van der Waals surface area contributed by atoms with Gasteiger partial charge in [-0.15, -0.1) is 0 Å². The third kappa shape index (κ3) is 3.93. The fourth-order valence-corrected chi connectivity index (χ4v) is 1.60. The van der Waals surface area contributed by atoms with Crippen molar-refractivity contribution < 1.29 is 19.5 Å². The maximum atomic E-state index is 11.7. The predicted octanol–water partition coefficient (Wildman–Crippen LogP) is -0.619. The Kier molecular flexibility index (Phi) is 4.74. The van der Waals surface area contributed by atoms with Gasteiger partial charge in [-0.25, -0.2) is 9.59 Å². The average Bonchev–Trinajstić information content (AvgIpc) is 2.28. The van der Waals surface area contributed by atoms with Crippen molar-refractivity contribution >= 4 is 17.9 Å². The molecule has 1 heterocycles. The lowest BCUT2D eigenvalue weighted by atomic mass is 10.2. The number of nitrogens with zero attached hydrogens (tertiary/aromatic N) is 1.